The van der Waals surface area contributed by atoms with Gasteiger partial charge in [0.2, 0.25) is 0 Å². The minimum absolute atomic E-state index is 0.220. The number of pyridine rings is 1. The number of nitrogens with zero attached hydrogens (tertiary/aromatic N) is 2. The minimum Gasteiger partial charge on any atom is -0.490 e. The third-order valence-corrected chi connectivity index (χ3v) is 4.85. The van der Waals surface area contributed by atoms with Gasteiger partial charge in [-0.2, -0.15) is 0 Å². The Morgan fingerprint density at radius 1 is 1.17 bits per heavy atom. The van der Waals surface area contributed by atoms with E-state index in [9.17, 15) is 4.79 Å². The van der Waals surface area contributed by atoms with Crippen LogP contribution in [0.4, 0.5) is 9.93 Å². The van der Waals surface area contributed by atoms with Crippen molar-refractivity contribution >= 4 is 22.5 Å². The van der Waals surface area contributed by atoms with E-state index in [-0.39, 0.29) is 12.1 Å². The predicted octanol–water partition coefficient (Wildman–Crippen LogP) is 4.89. The molecule has 0 radical (unpaired) electrons. The molecule has 0 aliphatic heterocycles. The van der Waals surface area contributed by atoms with E-state index in [2.05, 4.69) is 20.6 Å². The number of carbonyl (C=O) groups is 1. The normalized spacial score (nSPS) is 11.6. The third-order valence-electron chi connectivity index (χ3n) is 4.10. The van der Waals surface area contributed by atoms with Crippen LogP contribution in [0.3, 0.4) is 0 Å². The molecule has 0 spiro atoms. The monoisotopic (exact) mass is 412 g/mol. The summed E-state index contributed by atoms with van der Waals surface area (Å²) in [6.45, 7) is 6.86. The molecule has 2 N–H and O–H groups in total. The van der Waals surface area contributed by atoms with Gasteiger partial charge in [-0.3, -0.25) is 10.3 Å². The van der Waals surface area contributed by atoms with Crippen molar-refractivity contribution in [1.82, 2.24) is 15.3 Å². The van der Waals surface area contributed by atoms with Gasteiger partial charge in [-0.05, 0) is 50.6 Å². The van der Waals surface area contributed by atoms with Crippen LogP contribution >= 0.6 is 11.3 Å². The summed E-state index contributed by atoms with van der Waals surface area (Å²) in [5, 5.41) is 8.12. The van der Waals surface area contributed by atoms with Crippen LogP contribution in [0.5, 0.6) is 11.5 Å². The van der Waals surface area contributed by atoms with Gasteiger partial charge in [0, 0.05) is 23.3 Å². The zero-order valence-corrected chi connectivity index (χ0v) is 17.5. The van der Waals surface area contributed by atoms with Crippen molar-refractivity contribution < 1.29 is 14.3 Å². The van der Waals surface area contributed by atoms with Gasteiger partial charge < -0.3 is 14.8 Å². The fourth-order valence-electron chi connectivity index (χ4n) is 2.73. The van der Waals surface area contributed by atoms with E-state index in [4.69, 9.17) is 9.47 Å². The van der Waals surface area contributed by atoms with Crippen molar-refractivity contribution in [1.29, 1.82) is 0 Å². The van der Waals surface area contributed by atoms with E-state index < -0.39 is 0 Å². The average molecular weight is 413 g/mol. The summed E-state index contributed by atoms with van der Waals surface area (Å²) in [5.74, 6) is 1.36. The SMILES string of the molecule is CCOc1ccc(C(C)NC(=O)Nc2nc(-c3cccnc3)cs2)cc1OCC. The fourth-order valence-corrected chi connectivity index (χ4v) is 3.44. The summed E-state index contributed by atoms with van der Waals surface area (Å²) in [7, 11) is 0. The lowest BCUT2D eigenvalue weighted by molar-refractivity contribution is 0.249. The highest BCUT2D eigenvalue weighted by Gasteiger charge is 2.14. The van der Waals surface area contributed by atoms with E-state index in [1.807, 2.05) is 56.5 Å². The van der Waals surface area contributed by atoms with Gasteiger partial charge in [-0.15, -0.1) is 11.3 Å². The number of benzene rings is 1. The molecular formula is C21H24N4O3S. The molecule has 0 saturated heterocycles. The Kier molecular flexibility index (Phi) is 7.02. The summed E-state index contributed by atoms with van der Waals surface area (Å²) >= 11 is 1.36. The molecule has 2 aromatic heterocycles. The molecule has 1 atom stereocenters. The zero-order chi connectivity index (χ0) is 20.6. The van der Waals surface area contributed by atoms with E-state index >= 15 is 0 Å². The maximum Gasteiger partial charge on any atom is 0.321 e. The van der Waals surface area contributed by atoms with E-state index in [1.54, 1.807) is 12.4 Å². The van der Waals surface area contributed by atoms with Crippen LogP contribution in [0.2, 0.25) is 0 Å². The molecule has 152 valence electrons. The average Bonchev–Trinajstić information content (AvgIpc) is 3.18. The highest BCUT2D eigenvalue weighted by atomic mass is 32.1. The summed E-state index contributed by atoms with van der Waals surface area (Å²) < 4.78 is 11.2. The smallest absolute Gasteiger partial charge is 0.321 e. The molecule has 1 unspecified atom stereocenters. The number of hydrogen-bond donors (Lipinski definition) is 2. The molecule has 0 fully saturated rings. The number of hydrogen-bond acceptors (Lipinski definition) is 6. The van der Waals surface area contributed by atoms with Gasteiger partial charge >= 0.3 is 6.03 Å². The molecule has 0 aliphatic carbocycles. The predicted molar refractivity (Wildman–Crippen MR) is 115 cm³/mol. The Labute approximate surface area is 174 Å². The fraction of sp³-hybridized carbons (Fsp3) is 0.286. The Morgan fingerprint density at radius 3 is 2.69 bits per heavy atom. The van der Waals surface area contributed by atoms with Gasteiger partial charge in [0.1, 0.15) is 0 Å². The maximum atomic E-state index is 12.4. The molecule has 3 aromatic rings. The first kappa shape index (κ1) is 20.6. The van der Waals surface area contributed by atoms with Crippen molar-refractivity contribution in [2.24, 2.45) is 0 Å². The van der Waals surface area contributed by atoms with Crippen LogP contribution in [-0.4, -0.2) is 29.2 Å². The molecular weight excluding hydrogens is 388 g/mol. The van der Waals surface area contributed by atoms with Crippen LogP contribution in [0.1, 0.15) is 32.4 Å². The zero-order valence-electron chi connectivity index (χ0n) is 16.6. The Hall–Kier alpha value is -3.13. The number of aromatic nitrogens is 2. The standard InChI is InChI=1S/C21H24N4O3S/c1-4-27-18-9-8-15(11-19(18)28-5-2)14(3)23-20(26)25-21-24-17(13-29-21)16-7-6-10-22-12-16/h6-14H,4-5H2,1-3H3,(H2,23,24,25,26). The van der Waals surface area contributed by atoms with Crippen molar-refractivity contribution in [3.8, 4) is 22.8 Å². The summed E-state index contributed by atoms with van der Waals surface area (Å²) in [6.07, 6.45) is 3.45. The molecule has 29 heavy (non-hydrogen) atoms. The van der Waals surface area contributed by atoms with Crippen molar-refractivity contribution in [3.05, 3.63) is 53.7 Å². The largest absolute Gasteiger partial charge is 0.490 e. The van der Waals surface area contributed by atoms with Crippen molar-refractivity contribution in [3.63, 3.8) is 0 Å². The highest BCUT2D eigenvalue weighted by molar-refractivity contribution is 7.14. The van der Waals surface area contributed by atoms with E-state index in [0.29, 0.717) is 29.8 Å². The molecule has 0 saturated carbocycles. The molecule has 0 bridgehead atoms. The Balaban J connectivity index is 1.63. The molecule has 3 rings (SSSR count). The van der Waals surface area contributed by atoms with Crippen LogP contribution in [0.25, 0.3) is 11.3 Å². The van der Waals surface area contributed by atoms with Gasteiger partial charge in [0.05, 0.1) is 24.9 Å². The summed E-state index contributed by atoms with van der Waals surface area (Å²) in [4.78, 5) is 20.9. The first-order valence-corrected chi connectivity index (χ1v) is 10.3. The van der Waals surface area contributed by atoms with Crippen LogP contribution in [-0.2, 0) is 0 Å². The number of anilines is 1. The molecule has 0 aliphatic rings. The Morgan fingerprint density at radius 2 is 1.97 bits per heavy atom. The lowest BCUT2D eigenvalue weighted by atomic mass is 10.1. The first-order chi connectivity index (χ1) is 14.1. The maximum absolute atomic E-state index is 12.4. The second-order valence-electron chi connectivity index (χ2n) is 6.17. The quantitative estimate of drug-likeness (QED) is 0.550. The molecule has 7 nitrogen and oxygen atoms in total. The third kappa shape index (κ3) is 5.45. The number of amides is 2. The lowest BCUT2D eigenvalue weighted by Crippen LogP contribution is -2.31. The first-order valence-electron chi connectivity index (χ1n) is 9.43. The number of rotatable bonds is 8. The second-order valence-corrected chi connectivity index (χ2v) is 7.03. The molecule has 1 aromatic carbocycles. The highest BCUT2D eigenvalue weighted by Crippen LogP contribution is 2.31. The molecule has 8 heteroatoms. The number of thiazole rings is 1. The lowest BCUT2D eigenvalue weighted by Gasteiger charge is -2.17. The van der Waals surface area contributed by atoms with Crippen molar-refractivity contribution in [2.45, 2.75) is 26.8 Å². The number of urea groups is 1. The summed E-state index contributed by atoms with van der Waals surface area (Å²) in [6, 6.07) is 8.91. The van der Waals surface area contributed by atoms with Crippen molar-refractivity contribution in [2.75, 3.05) is 18.5 Å². The number of ether oxygens (including phenoxy) is 2. The minimum atomic E-state index is -0.323. The summed E-state index contributed by atoms with van der Waals surface area (Å²) in [5.41, 5.74) is 2.60. The van der Waals surface area contributed by atoms with E-state index in [0.717, 1.165) is 16.8 Å². The molecule has 2 amide bonds. The van der Waals surface area contributed by atoms with Gasteiger partial charge in [0.15, 0.2) is 16.6 Å². The van der Waals surface area contributed by atoms with Gasteiger partial charge in [-0.25, -0.2) is 9.78 Å². The molecule has 2 heterocycles. The van der Waals surface area contributed by atoms with Crippen LogP contribution in [0, 0.1) is 0 Å². The Bertz CT molecular complexity index is 946. The number of carbonyl (C=O) groups excluding carboxylic acids is 1. The van der Waals surface area contributed by atoms with Crippen LogP contribution < -0.4 is 20.1 Å². The van der Waals surface area contributed by atoms with E-state index in [1.165, 1.54) is 11.3 Å². The van der Waals surface area contributed by atoms with Gasteiger partial charge in [-0.1, -0.05) is 6.07 Å². The van der Waals surface area contributed by atoms with Gasteiger partial charge in [0.25, 0.3) is 0 Å². The van der Waals surface area contributed by atoms with Crippen LogP contribution in [0.15, 0.2) is 48.1 Å². The number of nitrogens with one attached hydrogen (secondary N) is 2. The topological polar surface area (TPSA) is 85.4 Å². The second kappa shape index (κ2) is 9.88.